The molecule has 0 aromatic heterocycles. The van der Waals surface area contributed by atoms with Crippen LogP contribution >= 0.6 is 34.4 Å². The Morgan fingerprint density at radius 2 is 1.90 bits per heavy atom. The van der Waals surface area contributed by atoms with Gasteiger partial charge in [0, 0.05) is 13.4 Å². The molecule has 4 heteroatoms. The van der Waals surface area contributed by atoms with Crippen molar-refractivity contribution < 1.29 is 9.53 Å². The highest BCUT2D eigenvalue weighted by molar-refractivity contribution is 14.1. The minimum absolute atomic E-state index is 0.301. The van der Waals surface area contributed by atoms with E-state index in [1.807, 2.05) is 12.1 Å². The first kappa shape index (κ1) is 15.4. The molecule has 20 heavy (non-hydrogen) atoms. The summed E-state index contributed by atoms with van der Waals surface area (Å²) >= 11 is 4.05. The van der Waals surface area contributed by atoms with Crippen LogP contribution in [0.25, 0.3) is 0 Å². The quantitative estimate of drug-likeness (QED) is 0.547. The molecular weight excluding hydrogens is 383 g/mol. The van der Waals surface area contributed by atoms with E-state index in [1.54, 1.807) is 23.9 Å². The third-order valence-electron chi connectivity index (χ3n) is 2.91. The van der Waals surface area contributed by atoms with Gasteiger partial charge in [-0.2, -0.15) is 0 Å². The van der Waals surface area contributed by atoms with Crippen LogP contribution in [0.4, 0.5) is 0 Å². The van der Waals surface area contributed by atoms with Gasteiger partial charge >= 0.3 is 5.97 Å². The largest absolute Gasteiger partial charge is 0.465 e. The third-order valence-corrected chi connectivity index (χ3v) is 4.70. The van der Waals surface area contributed by atoms with Gasteiger partial charge in [-0.25, -0.2) is 4.79 Å². The molecule has 0 saturated heterocycles. The van der Waals surface area contributed by atoms with Crippen molar-refractivity contribution in [1.29, 1.82) is 0 Å². The van der Waals surface area contributed by atoms with E-state index in [1.165, 1.54) is 21.1 Å². The third kappa shape index (κ3) is 3.76. The van der Waals surface area contributed by atoms with Crippen molar-refractivity contribution in [2.24, 2.45) is 0 Å². The summed E-state index contributed by atoms with van der Waals surface area (Å²) in [5, 5.41) is 0. The number of rotatable bonds is 4. The van der Waals surface area contributed by atoms with Gasteiger partial charge in [-0.05, 0) is 77.0 Å². The summed E-state index contributed by atoms with van der Waals surface area (Å²) in [5.74, 6) is -0.301. The number of methoxy groups -OCH3 is 1. The lowest BCUT2D eigenvalue weighted by Gasteiger charge is -2.08. The fourth-order valence-electron chi connectivity index (χ4n) is 1.83. The SMILES string of the molecule is CCc1cc(I)ccc1Sc1ccc(C(=O)OC)cc1. The zero-order chi connectivity index (χ0) is 14.5. The number of benzene rings is 2. The van der Waals surface area contributed by atoms with Crippen molar-refractivity contribution in [1.82, 2.24) is 0 Å². The summed E-state index contributed by atoms with van der Waals surface area (Å²) in [6, 6.07) is 14.0. The highest BCUT2D eigenvalue weighted by Crippen LogP contribution is 2.31. The van der Waals surface area contributed by atoms with Gasteiger partial charge in [0.2, 0.25) is 0 Å². The number of aryl methyl sites for hydroxylation is 1. The highest BCUT2D eigenvalue weighted by Gasteiger charge is 2.07. The van der Waals surface area contributed by atoms with E-state index in [4.69, 9.17) is 4.74 Å². The summed E-state index contributed by atoms with van der Waals surface area (Å²) in [7, 11) is 1.39. The van der Waals surface area contributed by atoms with Crippen molar-refractivity contribution in [3.8, 4) is 0 Å². The van der Waals surface area contributed by atoms with E-state index >= 15 is 0 Å². The van der Waals surface area contributed by atoms with Gasteiger partial charge in [0.1, 0.15) is 0 Å². The van der Waals surface area contributed by atoms with Gasteiger partial charge in [-0.1, -0.05) is 18.7 Å². The predicted octanol–water partition coefficient (Wildman–Crippen LogP) is 4.79. The topological polar surface area (TPSA) is 26.3 Å². The molecule has 104 valence electrons. The minimum Gasteiger partial charge on any atom is -0.465 e. The molecule has 2 rings (SSSR count). The average molecular weight is 398 g/mol. The molecule has 0 aliphatic rings. The van der Waals surface area contributed by atoms with Crippen molar-refractivity contribution in [2.45, 2.75) is 23.1 Å². The number of esters is 1. The summed E-state index contributed by atoms with van der Waals surface area (Å²) in [6.45, 7) is 2.16. The Labute approximate surface area is 137 Å². The number of carbonyl (C=O) groups excluding carboxylic acids is 1. The summed E-state index contributed by atoms with van der Waals surface area (Å²) in [4.78, 5) is 13.8. The fourth-order valence-corrected chi connectivity index (χ4v) is 3.38. The lowest BCUT2D eigenvalue weighted by Crippen LogP contribution is -2.00. The summed E-state index contributed by atoms with van der Waals surface area (Å²) in [5.41, 5.74) is 1.93. The van der Waals surface area contributed by atoms with Crippen LogP contribution in [0.15, 0.2) is 52.3 Å². The van der Waals surface area contributed by atoms with Crippen LogP contribution in [-0.2, 0) is 11.2 Å². The Kier molecular flexibility index (Phi) is 5.48. The zero-order valence-electron chi connectivity index (χ0n) is 11.4. The summed E-state index contributed by atoms with van der Waals surface area (Å²) in [6.07, 6.45) is 1.01. The molecule has 0 atom stereocenters. The highest BCUT2D eigenvalue weighted by atomic mass is 127. The molecule has 0 aliphatic carbocycles. The van der Waals surface area contributed by atoms with Crippen molar-refractivity contribution in [2.75, 3.05) is 7.11 Å². The number of ether oxygens (including phenoxy) is 1. The van der Waals surface area contributed by atoms with Crippen LogP contribution in [0, 0.1) is 3.57 Å². The molecule has 2 aromatic rings. The number of hydrogen-bond acceptors (Lipinski definition) is 3. The van der Waals surface area contributed by atoms with Crippen LogP contribution in [-0.4, -0.2) is 13.1 Å². The van der Waals surface area contributed by atoms with Crippen molar-refractivity contribution in [3.05, 3.63) is 57.2 Å². The molecule has 0 aliphatic heterocycles. The van der Waals surface area contributed by atoms with Gasteiger partial charge in [0.15, 0.2) is 0 Å². The molecule has 0 N–H and O–H groups in total. The van der Waals surface area contributed by atoms with Gasteiger partial charge < -0.3 is 4.74 Å². The van der Waals surface area contributed by atoms with Gasteiger partial charge in [-0.3, -0.25) is 0 Å². The molecule has 0 amide bonds. The maximum atomic E-state index is 11.4. The second kappa shape index (κ2) is 7.13. The normalized spacial score (nSPS) is 10.3. The van der Waals surface area contributed by atoms with Gasteiger partial charge in [0.25, 0.3) is 0 Å². The Hall–Kier alpha value is -1.01. The monoisotopic (exact) mass is 398 g/mol. The van der Waals surface area contributed by atoms with E-state index in [0.717, 1.165) is 11.3 Å². The van der Waals surface area contributed by atoms with Crippen LogP contribution in [0.2, 0.25) is 0 Å². The number of halogens is 1. The van der Waals surface area contributed by atoms with E-state index in [9.17, 15) is 4.79 Å². The lowest BCUT2D eigenvalue weighted by atomic mass is 10.2. The fraction of sp³-hybridized carbons (Fsp3) is 0.188. The smallest absolute Gasteiger partial charge is 0.337 e. The number of hydrogen-bond donors (Lipinski definition) is 0. The van der Waals surface area contributed by atoms with Crippen molar-refractivity contribution in [3.63, 3.8) is 0 Å². The molecule has 2 aromatic carbocycles. The standard InChI is InChI=1S/C16H15IO2S/c1-3-11-10-13(17)6-9-15(11)20-14-7-4-12(5-8-14)16(18)19-2/h4-10H,3H2,1-2H3. The van der Waals surface area contributed by atoms with Crippen LogP contribution in [0.5, 0.6) is 0 Å². The van der Waals surface area contributed by atoms with E-state index in [-0.39, 0.29) is 5.97 Å². The van der Waals surface area contributed by atoms with Gasteiger partial charge in [-0.15, -0.1) is 0 Å². The van der Waals surface area contributed by atoms with Crippen molar-refractivity contribution >= 4 is 40.3 Å². The molecule has 0 bridgehead atoms. The molecule has 0 spiro atoms. The van der Waals surface area contributed by atoms with Crippen LogP contribution in [0.1, 0.15) is 22.8 Å². The van der Waals surface area contributed by atoms with E-state index < -0.39 is 0 Å². The average Bonchev–Trinajstić information content (AvgIpc) is 2.49. The predicted molar refractivity (Wildman–Crippen MR) is 90.4 cm³/mol. The Balaban J connectivity index is 2.20. The first-order chi connectivity index (χ1) is 9.63. The molecule has 2 nitrogen and oxygen atoms in total. The molecule has 0 saturated carbocycles. The molecule has 0 heterocycles. The second-order valence-electron chi connectivity index (χ2n) is 4.22. The van der Waals surface area contributed by atoms with Gasteiger partial charge in [0.05, 0.1) is 12.7 Å². The van der Waals surface area contributed by atoms with E-state index in [2.05, 4.69) is 47.7 Å². The number of carbonyl (C=O) groups is 1. The maximum absolute atomic E-state index is 11.4. The lowest BCUT2D eigenvalue weighted by molar-refractivity contribution is 0.0600. The molecule has 0 fully saturated rings. The molecular formula is C16H15IO2S. The minimum atomic E-state index is -0.301. The molecule has 0 unspecified atom stereocenters. The molecule has 0 radical (unpaired) electrons. The van der Waals surface area contributed by atoms with Crippen LogP contribution in [0.3, 0.4) is 0 Å². The maximum Gasteiger partial charge on any atom is 0.337 e. The first-order valence-corrected chi connectivity index (χ1v) is 8.18. The summed E-state index contributed by atoms with van der Waals surface area (Å²) < 4.78 is 5.95. The first-order valence-electron chi connectivity index (χ1n) is 6.28. The van der Waals surface area contributed by atoms with Crippen LogP contribution < -0.4 is 0 Å². The Bertz CT molecular complexity index is 608. The Morgan fingerprint density at radius 3 is 2.50 bits per heavy atom. The van der Waals surface area contributed by atoms with E-state index in [0.29, 0.717) is 5.56 Å². The zero-order valence-corrected chi connectivity index (χ0v) is 14.3. The Morgan fingerprint density at radius 1 is 1.20 bits per heavy atom. The second-order valence-corrected chi connectivity index (χ2v) is 6.58.